The van der Waals surface area contributed by atoms with E-state index in [1.165, 1.54) is 0 Å². The van der Waals surface area contributed by atoms with E-state index in [1.807, 2.05) is 6.92 Å². The second kappa shape index (κ2) is 29.7. The average molecular weight is 1170 g/mol. The number of benzene rings is 1. The van der Waals surface area contributed by atoms with Crippen LogP contribution in [-0.4, -0.2) is 164 Å². The summed E-state index contributed by atoms with van der Waals surface area (Å²) in [5.41, 5.74) is 7.19. The number of amides is 9. The van der Waals surface area contributed by atoms with Gasteiger partial charge in [0.15, 0.2) is 17.3 Å². The Morgan fingerprint density at radius 2 is 1.48 bits per heavy atom. The smallest absolute Gasteiger partial charge is 0.253 e. The fourth-order valence-electron chi connectivity index (χ4n) is 10.8. The van der Waals surface area contributed by atoms with Gasteiger partial charge in [0.05, 0.1) is 41.7 Å². The van der Waals surface area contributed by atoms with Gasteiger partial charge in [-0.3, -0.25) is 72.0 Å². The molecular formula is C58H77N9O15S. The lowest BCUT2D eigenvalue weighted by Gasteiger charge is -2.31. The summed E-state index contributed by atoms with van der Waals surface area (Å²) in [7, 11) is 0. The number of nitrogens with zero attached hydrogens (tertiary/aromatic N) is 2. The van der Waals surface area contributed by atoms with Gasteiger partial charge in [0.25, 0.3) is 11.8 Å². The van der Waals surface area contributed by atoms with Crippen LogP contribution in [-0.2, 0) is 80.0 Å². The number of aromatic nitrogens is 1. The monoisotopic (exact) mass is 1170 g/mol. The van der Waals surface area contributed by atoms with Crippen molar-refractivity contribution in [2.75, 3.05) is 31.9 Å². The molecule has 2 aromatic rings. The highest BCUT2D eigenvalue weighted by Crippen LogP contribution is 2.35. The number of ketones is 5. The van der Waals surface area contributed by atoms with Crippen LogP contribution in [0.3, 0.4) is 0 Å². The van der Waals surface area contributed by atoms with Crippen molar-refractivity contribution in [3.63, 3.8) is 0 Å². The lowest BCUT2D eigenvalue weighted by molar-refractivity contribution is -0.145. The predicted octanol–water partition coefficient (Wildman–Crippen LogP) is 0.748. The summed E-state index contributed by atoms with van der Waals surface area (Å²) in [6.45, 7) is 7.74. The summed E-state index contributed by atoms with van der Waals surface area (Å²) in [6.07, 6.45) is -1.04. The summed E-state index contributed by atoms with van der Waals surface area (Å²) in [4.78, 5) is 195. The maximum atomic E-state index is 14.8. The average Bonchev–Trinajstić information content (AvgIpc) is 4.34. The van der Waals surface area contributed by atoms with Crippen LogP contribution in [0.5, 0.6) is 0 Å². The number of carbonyl (C=O) groups excluding carboxylic acids is 14. The molecule has 24 nitrogen and oxygen atoms in total. The van der Waals surface area contributed by atoms with E-state index in [0.29, 0.717) is 39.9 Å². The highest BCUT2D eigenvalue weighted by molar-refractivity contribution is 7.99. The zero-order valence-electron chi connectivity index (χ0n) is 47.6. The van der Waals surface area contributed by atoms with Crippen LogP contribution in [0.2, 0.25) is 0 Å². The lowest BCUT2D eigenvalue weighted by atomic mass is 9.86. The molecule has 83 heavy (non-hydrogen) atoms. The van der Waals surface area contributed by atoms with E-state index in [-0.39, 0.29) is 88.3 Å². The molecule has 10 atom stereocenters. The van der Waals surface area contributed by atoms with E-state index in [0.717, 1.165) is 33.7 Å². The number of fused-ring (bicyclic) bond motifs is 5. The lowest BCUT2D eigenvalue weighted by Crippen LogP contribution is -2.54. The van der Waals surface area contributed by atoms with E-state index < -0.39 is 163 Å². The van der Waals surface area contributed by atoms with Gasteiger partial charge < -0.3 is 47.3 Å². The largest absolute Gasteiger partial charge is 0.391 e. The zero-order chi connectivity index (χ0) is 60.8. The van der Waals surface area contributed by atoms with Gasteiger partial charge in [-0.2, -0.15) is 0 Å². The molecule has 1 aromatic carbocycles. The summed E-state index contributed by atoms with van der Waals surface area (Å²) in [6, 6.07) is 0.156. The van der Waals surface area contributed by atoms with Crippen LogP contribution < -0.4 is 32.3 Å². The molecule has 4 aliphatic heterocycles. The van der Waals surface area contributed by atoms with Gasteiger partial charge in [-0.15, -0.1) is 11.8 Å². The molecule has 0 radical (unpaired) electrons. The van der Waals surface area contributed by atoms with Crippen LogP contribution in [0.25, 0.3) is 10.9 Å². The Morgan fingerprint density at radius 1 is 0.795 bits per heavy atom. The highest BCUT2D eigenvalue weighted by atomic mass is 32.2. The minimum Gasteiger partial charge on any atom is -0.391 e. The van der Waals surface area contributed by atoms with Crippen LogP contribution in [0.15, 0.2) is 35.4 Å². The molecule has 0 aliphatic carbocycles. The molecule has 1 fully saturated rings. The van der Waals surface area contributed by atoms with E-state index in [2.05, 4.69) is 31.6 Å². The van der Waals surface area contributed by atoms with Crippen molar-refractivity contribution in [3.8, 4) is 0 Å². The van der Waals surface area contributed by atoms with Crippen molar-refractivity contribution in [1.29, 1.82) is 0 Å². The Labute approximate surface area is 485 Å². The number of Topliss-reactive ketones (excluding diaryl/α,β-unsaturated/α-hetero) is 5. The number of thioether (sulfide) groups is 1. The van der Waals surface area contributed by atoms with Crippen molar-refractivity contribution in [1.82, 2.24) is 41.4 Å². The Balaban J connectivity index is 1.33. The first-order valence-corrected chi connectivity index (χ1v) is 29.5. The van der Waals surface area contributed by atoms with E-state index >= 15 is 0 Å². The van der Waals surface area contributed by atoms with Gasteiger partial charge in [0.2, 0.25) is 41.4 Å². The number of aliphatic hydroxyl groups excluding tert-OH is 1. The molecule has 1 aromatic heterocycles. The predicted molar refractivity (Wildman–Crippen MR) is 301 cm³/mol. The molecule has 4 aliphatic rings. The van der Waals surface area contributed by atoms with E-state index in [1.54, 1.807) is 45.9 Å². The molecule has 9 amide bonds. The van der Waals surface area contributed by atoms with Gasteiger partial charge in [-0.05, 0) is 47.9 Å². The van der Waals surface area contributed by atoms with Crippen LogP contribution in [0.1, 0.15) is 123 Å². The van der Waals surface area contributed by atoms with Crippen molar-refractivity contribution in [2.24, 2.45) is 35.3 Å². The fourth-order valence-corrected chi connectivity index (χ4v) is 11.9. The first kappa shape index (κ1) is 64.8. The van der Waals surface area contributed by atoms with Crippen LogP contribution >= 0.6 is 11.8 Å². The molecule has 9 N–H and O–H groups in total. The Bertz CT molecular complexity index is 2900. The molecule has 2 bridgehead atoms. The topological polar surface area (TPSA) is 368 Å². The Morgan fingerprint density at radius 3 is 2.16 bits per heavy atom. The standard InChI is InChI=1S/C58H77N9O15S/c1-6-30(3)52-44(71)12-13-48(75)62-42-29-83-57-40(39-21-33(10-11-41(39)63-57)20-36(68)9-8-17-60-54(79)32(5)19-37(69)16-18-66-50(77)14-15-51(66)78)22-34(55(80)61-27-49(76)64-52)23-46(73)53(31(4)7-2)65-56(81)43-26-38(70)28-67(43)58(82)35(24-45(42)72)25-47(59)74/h10-11,14-15,21,30-32,34-35,38,42-43,52-53,63,70H,6-9,12-13,16-20,22-29H2,1-5H3,(H2,59,74)(H,60,79)(H,61,80)(H,62,75)(H,64,76)(H,65,81)/t30-,31?,32?,34+,35-,38+,42-,43-,52-,53-/m0/s1. The summed E-state index contributed by atoms with van der Waals surface area (Å²) < 4.78 is 0. The van der Waals surface area contributed by atoms with Gasteiger partial charge in [-0.25, -0.2) is 0 Å². The molecule has 450 valence electrons. The number of imide groups is 1. The second-order valence-corrected chi connectivity index (χ2v) is 23.4. The van der Waals surface area contributed by atoms with Gasteiger partial charge in [0, 0.05) is 124 Å². The van der Waals surface area contributed by atoms with E-state index in [4.69, 9.17) is 5.73 Å². The molecule has 0 spiro atoms. The van der Waals surface area contributed by atoms with Gasteiger partial charge in [-0.1, -0.05) is 53.5 Å². The van der Waals surface area contributed by atoms with Crippen LogP contribution in [0.4, 0.5) is 0 Å². The highest BCUT2D eigenvalue weighted by Gasteiger charge is 2.44. The number of hydrogen-bond acceptors (Lipinski definition) is 16. The first-order chi connectivity index (χ1) is 39.4. The minimum atomic E-state index is -1.45. The molecule has 6 rings (SSSR count). The zero-order valence-corrected chi connectivity index (χ0v) is 48.5. The number of aromatic amines is 1. The van der Waals surface area contributed by atoms with Crippen molar-refractivity contribution < 1.29 is 72.2 Å². The maximum Gasteiger partial charge on any atom is 0.253 e. The van der Waals surface area contributed by atoms with Gasteiger partial charge in [0.1, 0.15) is 17.6 Å². The Hall–Kier alpha value is -7.41. The second-order valence-electron chi connectivity index (χ2n) is 22.4. The van der Waals surface area contributed by atoms with Crippen molar-refractivity contribution in [2.45, 2.75) is 160 Å². The number of aliphatic hydroxyl groups is 1. The molecule has 25 heteroatoms. The SMILES string of the molecule is CCC(C)[C@@H]1NC(=O)[C@@H]2C[C@@H](O)CN2C(=O)[C@H](CC(N)=O)CC(=O)[C@@H]2CSc3[nH]c4ccc(CC(=O)CCCNC(=O)C(C)CC(=O)CCN5C(=O)C=CC5=O)cc4c3C[C@H](CC1=O)C(=O)NCC(=O)N[C@@H]([C@@H](C)CC)C(=O)CCC(=O)N2. The number of nitrogens with one attached hydrogen (secondary N) is 6. The number of rotatable bonds is 18. The maximum absolute atomic E-state index is 14.8. The molecule has 5 heterocycles. The fraction of sp³-hybridized carbons (Fsp3) is 0.586. The third-order valence-electron chi connectivity index (χ3n) is 16.0. The van der Waals surface area contributed by atoms with Gasteiger partial charge >= 0.3 is 0 Å². The Kier molecular flexibility index (Phi) is 23.2. The number of H-pyrrole nitrogens is 1. The quantitative estimate of drug-likeness (QED) is 0.0754. The molecule has 0 saturated carbocycles. The first-order valence-electron chi connectivity index (χ1n) is 28.5. The minimum absolute atomic E-state index is 0.0587. The van der Waals surface area contributed by atoms with Crippen molar-refractivity contribution >= 4 is 105 Å². The molecule has 1 saturated heterocycles. The number of carbonyl (C=O) groups is 14. The molecular weight excluding hydrogens is 1090 g/mol. The number of nitrogens with two attached hydrogens (primary N) is 1. The summed E-state index contributed by atoms with van der Waals surface area (Å²) >= 11 is 1.07. The third-order valence-corrected chi connectivity index (χ3v) is 17.1. The number of hydrogen-bond donors (Lipinski definition) is 8. The van der Waals surface area contributed by atoms with Crippen molar-refractivity contribution in [3.05, 3.63) is 41.5 Å². The summed E-state index contributed by atoms with van der Waals surface area (Å²) in [5.74, 6) is -13.0. The third kappa shape index (κ3) is 17.6. The molecule has 2 unspecified atom stereocenters. The number of primary amides is 1. The normalized spacial score (nSPS) is 24.8. The summed E-state index contributed by atoms with van der Waals surface area (Å²) in [5, 5.41) is 25.4. The van der Waals surface area contributed by atoms with Crippen LogP contribution in [0, 0.1) is 29.6 Å². The van der Waals surface area contributed by atoms with E-state index in [9.17, 15) is 72.2 Å².